The summed E-state index contributed by atoms with van der Waals surface area (Å²) >= 11 is 15.7. The Hall–Kier alpha value is -0.500. The zero-order valence-corrected chi connectivity index (χ0v) is 10.2. The molecule has 0 rings (SSSR count). The average molecular weight is 295 g/mol. The van der Waals surface area contributed by atoms with Crippen molar-refractivity contribution in [1.29, 1.82) is 0 Å². The van der Waals surface area contributed by atoms with Crippen molar-refractivity contribution in [1.82, 2.24) is 4.72 Å². The van der Waals surface area contributed by atoms with Gasteiger partial charge in [-0.05, 0) is 6.08 Å². The molecule has 10 heteroatoms. The molecule has 0 aromatic heterocycles. The summed E-state index contributed by atoms with van der Waals surface area (Å²) in [4.78, 5) is 10.6. The molecule has 0 unspecified atom stereocenters. The van der Waals surface area contributed by atoms with Crippen LogP contribution >= 0.6 is 34.8 Å². The summed E-state index contributed by atoms with van der Waals surface area (Å²) in [6, 6.07) is 0. The van der Waals surface area contributed by atoms with Gasteiger partial charge in [-0.2, -0.15) is 8.42 Å². The predicted molar refractivity (Wildman–Crippen MR) is 59.2 cm³/mol. The first-order valence-corrected chi connectivity index (χ1v) is 5.77. The number of nitrogens with two attached hydrogens (primary N) is 1. The maximum Gasteiger partial charge on any atom is 0.346 e. The molecular formula is C5H6Cl3N3O3S. The first-order valence-electron chi connectivity index (χ1n) is 3.20. The standard InChI is InChI=1S/C5H6Cl3N3O3S/c1-2-3(12)10-15(13,14)11-4(9)5(6,7)8/h2H,1H2,(H2,9,11)(H,10,12). The molecular weight excluding hydrogens is 288 g/mol. The van der Waals surface area contributed by atoms with E-state index < -0.39 is 25.7 Å². The number of amidine groups is 1. The summed E-state index contributed by atoms with van der Waals surface area (Å²) in [5, 5.41) is 0. The maximum absolute atomic E-state index is 11.0. The van der Waals surface area contributed by atoms with Crippen molar-refractivity contribution in [3.05, 3.63) is 12.7 Å². The van der Waals surface area contributed by atoms with Gasteiger partial charge in [0, 0.05) is 0 Å². The lowest BCUT2D eigenvalue weighted by Crippen LogP contribution is -2.34. The largest absolute Gasteiger partial charge is 0.383 e. The Balaban J connectivity index is 4.94. The highest BCUT2D eigenvalue weighted by Gasteiger charge is 2.27. The number of amides is 1. The van der Waals surface area contributed by atoms with Crippen LogP contribution in [0.5, 0.6) is 0 Å². The van der Waals surface area contributed by atoms with Crippen LogP contribution in [-0.4, -0.2) is 24.0 Å². The SMILES string of the molecule is C=CC(=O)NS(=O)(=O)/N=C(\N)C(Cl)(Cl)Cl. The topological polar surface area (TPSA) is 102 Å². The Morgan fingerprint density at radius 2 is 1.93 bits per heavy atom. The Labute approximate surface area is 101 Å². The number of carbonyl (C=O) groups is 1. The minimum Gasteiger partial charge on any atom is -0.383 e. The number of hydrogen-bond donors (Lipinski definition) is 2. The van der Waals surface area contributed by atoms with Gasteiger partial charge >= 0.3 is 10.2 Å². The van der Waals surface area contributed by atoms with E-state index in [1.807, 2.05) is 0 Å². The van der Waals surface area contributed by atoms with Crippen molar-refractivity contribution in [2.24, 2.45) is 10.1 Å². The van der Waals surface area contributed by atoms with Gasteiger partial charge < -0.3 is 5.73 Å². The summed E-state index contributed by atoms with van der Waals surface area (Å²) in [5.41, 5.74) is 5.05. The Kier molecular flexibility index (Phi) is 4.85. The first-order chi connectivity index (χ1) is 6.58. The zero-order chi connectivity index (χ0) is 12.3. The number of alkyl halides is 3. The van der Waals surface area contributed by atoms with E-state index >= 15 is 0 Å². The van der Waals surface area contributed by atoms with E-state index in [9.17, 15) is 13.2 Å². The molecule has 0 radical (unpaired) electrons. The number of rotatable bonds is 3. The molecule has 0 aliphatic carbocycles. The molecule has 3 N–H and O–H groups in total. The molecule has 0 saturated heterocycles. The highest BCUT2D eigenvalue weighted by molar-refractivity contribution is 7.88. The Morgan fingerprint density at radius 1 is 1.47 bits per heavy atom. The molecule has 0 aliphatic heterocycles. The fraction of sp³-hybridized carbons (Fsp3) is 0.200. The minimum absolute atomic E-state index is 0.735. The smallest absolute Gasteiger partial charge is 0.346 e. The lowest BCUT2D eigenvalue weighted by Gasteiger charge is -2.09. The van der Waals surface area contributed by atoms with Gasteiger partial charge in [0.25, 0.3) is 5.91 Å². The second-order valence-electron chi connectivity index (χ2n) is 2.12. The molecule has 0 heterocycles. The van der Waals surface area contributed by atoms with Gasteiger partial charge in [-0.3, -0.25) is 4.79 Å². The number of halogens is 3. The summed E-state index contributed by atoms with van der Waals surface area (Å²) in [6.45, 7) is 3.04. The predicted octanol–water partition coefficient (Wildman–Crippen LogP) is 0.261. The van der Waals surface area contributed by atoms with Gasteiger partial charge in [0.1, 0.15) is 0 Å². The van der Waals surface area contributed by atoms with Crippen LogP contribution in [0.25, 0.3) is 0 Å². The van der Waals surface area contributed by atoms with Crippen LogP contribution in [0.4, 0.5) is 0 Å². The molecule has 1 amide bonds. The van der Waals surface area contributed by atoms with Crippen LogP contribution in [0.15, 0.2) is 17.1 Å². The van der Waals surface area contributed by atoms with Gasteiger partial charge in [0.15, 0.2) is 5.84 Å². The molecule has 0 saturated carbocycles. The molecule has 6 nitrogen and oxygen atoms in total. The summed E-state index contributed by atoms with van der Waals surface area (Å²) in [7, 11) is -4.34. The number of carbonyl (C=O) groups excluding carboxylic acids is 1. The normalized spacial score (nSPS) is 13.4. The van der Waals surface area contributed by atoms with Crippen molar-refractivity contribution in [2.45, 2.75) is 3.79 Å². The third kappa shape index (κ3) is 5.83. The maximum atomic E-state index is 11.0. The van der Waals surface area contributed by atoms with Crippen molar-refractivity contribution < 1.29 is 13.2 Å². The van der Waals surface area contributed by atoms with Gasteiger partial charge in [-0.25, -0.2) is 4.72 Å². The van der Waals surface area contributed by atoms with Crippen LogP contribution < -0.4 is 10.5 Å². The number of hydrogen-bond acceptors (Lipinski definition) is 3. The van der Waals surface area contributed by atoms with Crippen LogP contribution in [-0.2, 0) is 15.0 Å². The average Bonchev–Trinajstić information content (AvgIpc) is 2.00. The van der Waals surface area contributed by atoms with Crippen LogP contribution in [0.2, 0.25) is 0 Å². The monoisotopic (exact) mass is 293 g/mol. The van der Waals surface area contributed by atoms with Crippen molar-refractivity contribution in [2.75, 3.05) is 0 Å². The van der Waals surface area contributed by atoms with Crippen molar-refractivity contribution in [3.63, 3.8) is 0 Å². The Morgan fingerprint density at radius 3 is 2.27 bits per heavy atom. The molecule has 0 bridgehead atoms. The molecule has 0 atom stereocenters. The van der Waals surface area contributed by atoms with Gasteiger partial charge in [0.2, 0.25) is 3.79 Å². The second kappa shape index (κ2) is 5.02. The second-order valence-corrected chi connectivity index (χ2v) is 5.74. The highest BCUT2D eigenvalue weighted by Crippen LogP contribution is 2.26. The minimum atomic E-state index is -4.34. The van der Waals surface area contributed by atoms with Gasteiger partial charge in [0.05, 0.1) is 0 Å². The lowest BCUT2D eigenvalue weighted by molar-refractivity contribution is -0.114. The summed E-state index contributed by atoms with van der Waals surface area (Å²) < 4.78 is 24.2. The fourth-order valence-corrected chi connectivity index (χ4v) is 1.43. The molecule has 0 fully saturated rings. The van der Waals surface area contributed by atoms with Gasteiger partial charge in [-0.1, -0.05) is 41.4 Å². The van der Waals surface area contributed by atoms with Crippen LogP contribution in [0.3, 0.4) is 0 Å². The molecule has 15 heavy (non-hydrogen) atoms. The number of nitrogens with zero attached hydrogens (tertiary/aromatic N) is 1. The van der Waals surface area contributed by atoms with Crippen LogP contribution in [0, 0.1) is 0 Å². The van der Waals surface area contributed by atoms with Crippen LogP contribution in [0.1, 0.15) is 0 Å². The first kappa shape index (κ1) is 14.5. The molecule has 0 spiro atoms. The summed E-state index contributed by atoms with van der Waals surface area (Å²) in [6.07, 6.45) is 0.735. The third-order valence-corrected chi connectivity index (χ3v) is 2.40. The van der Waals surface area contributed by atoms with E-state index in [4.69, 9.17) is 40.5 Å². The van der Waals surface area contributed by atoms with E-state index in [1.54, 1.807) is 0 Å². The van der Waals surface area contributed by atoms with E-state index in [-0.39, 0.29) is 0 Å². The quantitative estimate of drug-likeness (QED) is 0.337. The third-order valence-electron chi connectivity index (χ3n) is 0.924. The molecule has 0 aliphatic rings. The van der Waals surface area contributed by atoms with E-state index in [1.165, 1.54) is 4.72 Å². The number of nitrogens with one attached hydrogen (secondary N) is 1. The Bertz CT molecular complexity index is 397. The highest BCUT2D eigenvalue weighted by atomic mass is 35.6. The molecule has 86 valence electrons. The van der Waals surface area contributed by atoms with E-state index in [0.29, 0.717) is 0 Å². The molecule has 0 aromatic carbocycles. The van der Waals surface area contributed by atoms with Gasteiger partial charge in [-0.15, -0.1) is 4.40 Å². The van der Waals surface area contributed by atoms with E-state index in [0.717, 1.165) is 6.08 Å². The van der Waals surface area contributed by atoms with Crippen molar-refractivity contribution in [3.8, 4) is 0 Å². The zero-order valence-electron chi connectivity index (χ0n) is 7.08. The lowest BCUT2D eigenvalue weighted by atomic mass is 10.6. The molecule has 0 aromatic rings. The van der Waals surface area contributed by atoms with E-state index in [2.05, 4.69) is 11.0 Å². The fourth-order valence-electron chi connectivity index (χ4n) is 0.373. The van der Waals surface area contributed by atoms with Crippen molar-refractivity contribution >= 4 is 56.8 Å². The summed E-state index contributed by atoms with van der Waals surface area (Å²) in [5.74, 6) is -1.76.